The van der Waals surface area contributed by atoms with E-state index in [2.05, 4.69) is 6.92 Å². The van der Waals surface area contributed by atoms with Crippen LogP contribution in [0, 0.1) is 17.7 Å². The highest BCUT2D eigenvalue weighted by atomic mass is 35.5. The van der Waals surface area contributed by atoms with Crippen molar-refractivity contribution in [3.8, 4) is 0 Å². The highest BCUT2D eigenvalue weighted by molar-refractivity contribution is 6.31. The molecular weight excluding hydrogens is 249 g/mol. The molecule has 3 unspecified atom stereocenters. The molecule has 0 saturated heterocycles. The molecule has 1 aromatic carbocycles. The number of nitrogens with two attached hydrogens (primary N) is 1. The Morgan fingerprint density at radius 3 is 2.89 bits per heavy atom. The smallest absolute Gasteiger partial charge is 0.123 e. The molecule has 0 aromatic heterocycles. The predicted octanol–water partition coefficient (Wildman–Crippen LogP) is 4.18. The van der Waals surface area contributed by atoms with Crippen LogP contribution in [0.5, 0.6) is 0 Å². The van der Waals surface area contributed by atoms with Gasteiger partial charge in [0.2, 0.25) is 0 Å². The van der Waals surface area contributed by atoms with Gasteiger partial charge in [-0.3, -0.25) is 0 Å². The summed E-state index contributed by atoms with van der Waals surface area (Å²) in [6.45, 7) is 2.24. The number of rotatable bonds is 4. The van der Waals surface area contributed by atoms with E-state index in [0.29, 0.717) is 17.4 Å². The first kappa shape index (κ1) is 13.8. The maximum absolute atomic E-state index is 13.2. The highest BCUT2D eigenvalue weighted by Crippen LogP contribution is 2.35. The van der Waals surface area contributed by atoms with E-state index in [0.717, 1.165) is 11.5 Å². The molecule has 1 aliphatic carbocycles. The molecule has 2 N–H and O–H groups in total. The molecule has 1 fully saturated rings. The van der Waals surface area contributed by atoms with E-state index >= 15 is 0 Å². The third-order valence-corrected chi connectivity index (χ3v) is 4.60. The average molecular weight is 270 g/mol. The lowest BCUT2D eigenvalue weighted by molar-refractivity contribution is 0.404. The summed E-state index contributed by atoms with van der Waals surface area (Å²) in [6.07, 6.45) is 5.62. The van der Waals surface area contributed by atoms with Gasteiger partial charge < -0.3 is 5.73 Å². The number of hydrogen-bond donors (Lipinski definition) is 1. The fourth-order valence-corrected chi connectivity index (χ4v) is 3.19. The first-order valence-corrected chi connectivity index (χ1v) is 7.17. The van der Waals surface area contributed by atoms with Crippen molar-refractivity contribution in [2.45, 2.75) is 45.1 Å². The molecule has 3 atom stereocenters. The minimum Gasteiger partial charge on any atom is -0.327 e. The predicted molar refractivity (Wildman–Crippen MR) is 74.2 cm³/mol. The number of hydrogen-bond acceptors (Lipinski definition) is 1. The first-order valence-electron chi connectivity index (χ1n) is 6.79. The van der Waals surface area contributed by atoms with Crippen molar-refractivity contribution in [2.24, 2.45) is 17.6 Å². The summed E-state index contributed by atoms with van der Waals surface area (Å²) in [5.74, 6) is 1.15. The summed E-state index contributed by atoms with van der Waals surface area (Å²) in [7, 11) is 0. The summed E-state index contributed by atoms with van der Waals surface area (Å²) in [6, 6.07) is 4.61. The SMILES string of the molecule is CCC1CCC(C(N)Cc2cc(F)ccc2Cl)C1. The molecule has 0 spiro atoms. The highest BCUT2D eigenvalue weighted by Gasteiger charge is 2.28. The van der Waals surface area contributed by atoms with Gasteiger partial charge in [-0.15, -0.1) is 0 Å². The maximum Gasteiger partial charge on any atom is 0.123 e. The van der Waals surface area contributed by atoms with Crippen LogP contribution in [0.15, 0.2) is 18.2 Å². The lowest BCUT2D eigenvalue weighted by Gasteiger charge is -2.20. The Morgan fingerprint density at radius 2 is 2.22 bits per heavy atom. The van der Waals surface area contributed by atoms with Gasteiger partial charge in [-0.1, -0.05) is 31.4 Å². The van der Waals surface area contributed by atoms with Gasteiger partial charge in [-0.25, -0.2) is 4.39 Å². The second-order valence-corrected chi connectivity index (χ2v) is 5.86. The zero-order valence-electron chi connectivity index (χ0n) is 10.8. The summed E-state index contributed by atoms with van der Waals surface area (Å²) in [5.41, 5.74) is 7.10. The minimum atomic E-state index is -0.237. The molecule has 2 rings (SSSR count). The van der Waals surface area contributed by atoms with E-state index < -0.39 is 0 Å². The zero-order chi connectivity index (χ0) is 13.1. The molecule has 1 aromatic rings. The molecular formula is C15H21ClFN. The Balaban J connectivity index is 1.98. The van der Waals surface area contributed by atoms with Crippen molar-refractivity contribution in [2.75, 3.05) is 0 Å². The van der Waals surface area contributed by atoms with Gasteiger partial charge in [0.25, 0.3) is 0 Å². The van der Waals surface area contributed by atoms with E-state index in [1.54, 1.807) is 6.07 Å². The molecule has 0 bridgehead atoms. The molecule has 3 heteroatoms. The molecule has 100 valence electrons. The van der Waals surface area contributed by atoms with E-state index in [-0.39, 0.29) is 11.9 Å². The van der Waals surface area contributed by atoms with Crippen molar-refractivity contribution in [3.05, 3.63) is 34.6 Å². The van der Waals surface area contributed by atoms with E-state index in [9.17, 15) is 4.39 Å². The maximum atomic E-state index is 13.2. The average Bonchev–Trinajstić information content (AvgIpc) is 2.82. The zero-order valence-corrected chi connectivity index (χ0v) is 11.6. The second-order valence-electron chi connectivity index (χ2n) is 5.45. The third kappa shape index (κ3) is 3.24. The fraction of sp³-hybridized carbons (Fsp3) is 0.600. The summed E-state index contributed by atoms with van der Waals surface area (Å²) in [5, 5.41) is 0.622. The van der Waals surface area contributed by atoms with Crippen molar-refractivity contribution < 1.29 is 4.39 Å². The standard InChI is InChI=1S/C15H21ClFN/c1-2-10-3-4-11(7-10)15(18)9-12-8-13(17)5-6-14(12)16/h5-6,8,10-11,15H,2-4,7,9,18H2,1H3. The fourth-order valence-electron chi connectivity index (χ4n) is 2.99. The van der Waals surface area contributed by atoms with Gasteiger partial charge in [0.15, 0.2) is 0 Å². The van der Waals surface area contributed by atoms with Crippen LogP contribution in [0.2, 0.25) is 5.02 Å². The molecule has 0 heterocycles. The van der Waals surface area contributed by atoms with Crippen LogP contribution in [0.1, 0.15) is 38.2 Å². The largest absolute Gasteiger partial charge is 0.327 e. The quantitative estimate of drug-likeness (QED) is 0.872. The van der Waals surface area contributed by atoms with Crippen molar-refractivity contribution in [3.63, 3.8) is 0 Å². The summed E-state index contributed by atoms with van der Waals surface area (Å²) >= 11 is 6.08. The minimum absolute atomic E-state index is 0.0980. The van der Waals surface area contributed by atoms with Crippen LogP contribution in [0.3, 0.4) is 0 Å². The Morgan fingerprint density at radius 1 is 1.44 bits per heavy atom. The van der Waals surface area contributed by atoms with E-state index in [4.69, 9.17) is 17.3 Å². The molecule has 0 aliphatic heterocycles. The van der Waals surface area contributed by atoms with Crippen molar-refractivity contribution in [1.82, 2.24) is 0 Å². The van der Waals surface area contributed by atoms with Gasteiger partial charge in [0.1, 0.15) is 5.82 Å². The molecule has 18 heavy (non-hydrogen) atoms. The number of halogens is 2. The Bertz CT molecular complexity index is 407. The summed E-state index contributed by atoms with van der Waals surface area (Å²) in [4.78, 5) is 0. The summed E-state index contributed by atoms with van der Waals surface area (Å²) < 4.78 is 13.2. The van der Waals surface area contributed by atoms with Crippen LogP contribution in [0.4, 0.5) is 4.39 Å². The Hall–Kier alpha value is -0.600. The second kappa shape index (κ2) is 6.03. The molecule has 0 amide bonds. The molecule has 0 radical (unpaired) electrons. The molecule has 1 nitrogen and oxygen atoms in total. The van der Waals surface area contributed by atoms with E-state index in [1.165, 1.54) is 37.8 Å². The van der Waals surface area contributed by atoms with Crippen molar-refractivity contribution >= 4 is 11.6 Å². The first-order chi connectivity index (χ1) is 8.60. The van der Waals surface area contributed by atoms with Crippen LogP contribution in [0.25, 0.3) is 0 Å². The molecule has 1 saturated carbocycles. The van der Waals surface area contributed by atoms with Crippen LogP contribution >= 0.6 is 11.6 Å². The monoisotopic (exact) mass is 269 g/mol. The molecule has 1 aliphatic rings. The van der Waals surface area contributed by atoms with Gasteiger partial charge in [-0.2, -0.15) is 0 Å². The normalized spacial score (nSPS) is 25.3. The van der Waals surface area contributed by atoms with Crippen LogP contribution < -0.4 is 5.73 Å². The Kier molecular flexibility index (Phi) is 4.63. The number of benzene rings is 1. The van der Waals surface area contributed by atoms with Gasteiger partial charge in [0.05, 0.1) is 0 Å². The van der Waals surface area contributed by atoms with Gasteiger partial charge in [-0.05, 0) is 54.9 Å². The third-order valence-electron chi connectivity index (χ3n) is 4.23. The van der Waals surface area contributed by atoms with E-state index in [1.807, 2.05) is 0 Å². The van der Waals surface area contributed by atoms with Crippen LogP contribution in [-0.2, 0) is 6.42 Å². The lowest BCUT2D eigenvalue weighted by Crippen LogP contribution is -2.31. The topological polar surface area (TPSA) is 26.0 Å². The van der Waals surface area contributed by atoms with Gasteiger partial charge >= 0.3 is 0 Å². The van der Waals surface area contributed by atoms with Crippen molar-refractivity contribution in [1.29, 1.82) is 0 Å². The lowest BCUT2D eigenvalue weighted by atomic mass is 9.91. The van der Waals surface area contributed by atoms with Gasteiger partial charge in [0, 0.05) is 11.1 Å². The van der Waals surface area contributed by atoms with Crippen LogP contribution in [-0.4, -0.2) is 6.04 Å². The Labute approximate surface area is 114 Å².